The third-order valence-electron chi connectivity index (χ3n) is 3.67. The molecule has 0 aromatic carbocycles. The molecule has 1 aliphatic rings. The summed E-state index contributed by atoms with van der Waals surface area (Å²) < 4.78 is 11.3. The summed E-state index contributed by atoms with van der Waals surface area (Å²) in [6.07, 6.45) is 6.74. The van der Waals surface area contributed by atoms with Crippen molar-refractivity contribution in [2.45, 2.75) is 0 Å². The van der Waals surface area contributed by atoms with E-state index in [2.05, 4.69) is 31.8 Å². The van der Waals surface area contributed by atoms with E-state index in [-0.39, 0.29) is 0 Å². The van der Waals surface area contributed by atoms with Gasteiger partial charge in [-0.2, -0.15) is 0 Å². The maximum absolute atomic E-state index is 5.76. The molecule has 23 heavy (non-hydrogen) atoms. The normalized spacial score (nSPS) is 15.4. The van der Waals surface area contributed by atoms with Gasteiger partial charge >= 0.3 is 0 Å². The lowest BCUT2D eigenvalue weighted by Crippen LogP contribution is -2.45. The van der Waals surface area contributed by atoms with Crippen molar-refractivity contribution in [2.75, 3.05) is 51.3 Å². The van der Waals surface area contributed by atoms with E-state index in [9.17, 15) is 0 Å². The van der Waals surface area contributed by atoms with Crippen LogP contribution in [0, 0.1) is 0 Å². The fourth-order valence-electron chi connectivity index (χ4n) is 2.39. The first kappa shape index (κ1) is 15.5. The number of piperazine rings is 1. The first-order valence-corrected chi connectivity index (χ1v) is 7.73. The molecule has 0 bridgehead atoms. The van der Waals surface area contributed by atoms with Gasteiger partial charge in [0, 0.05) is 44.8 Å². The van der Waals surface area contributed by atoms with Crippen molar-refractivity contribution in [3.63, 3.8) is 0 Å². The molecular formula is C16H21N5O2. The molecular weight excluding hydrogens is 294 g/mol. The molecule has 0 aliphatic carbocycles. The maximum atomic E-state index is 5.76. The number of hydrogen-bond donors (Lipinski definition) is 0. The van der Waals surface area contributed by atoms with E-state index in [1.54, 1.807) is 24.8 Å². The molecule has 0 radical (unpaired) electrons. The van der Waals surface area contributed by atoms with Gasteiger partial charge in [-0.25, -0.2) is 9.97 Å². The quantitative estimate of drug-likeness (QED) is 0.739. The predicted octanol–water partition coefficient (Wildman–Crippen LogP) is 1.08. The van der Waals surface area contributed by atoms with Gasteiger partial charge in [0.2, 0.25) is 0 Å². The second-order valence-corrected chi connectivity index (χ2v) is 5.36. The van der Waals surface area contributed by atoms with E-state index in [0.29, 0.717) is 19.1 Å². The Bertz CT molecular complexity index is 602. The summed E-state index contributed by atoms with van der Waals surface area (Å²) in [5, 5.41) is 0. The molecule has 3 heterocycles. The first-order valence-electron chi connectivity index (χ1n) is 7.73. The van der Waals surface area contributed by atoms with Gasteiger partial charge in [0.25, 0.3) is 5.88 Å². The Hall–Kier alpha value is -2.41. The molecule has 0 atom stereocenters. The zero-order valence-electron chi connectivity index (χ0n) is 13.3. The summed E-state index contributed by atoms with van der Waals surface area (Å²) in [7, 11) is 2.13. The number of hydrogen-bond acceptors (Lipinski definition) is 7. The molecule has 3 rings (SSSR count). The highest BCUT2D eigenvalue weighted by Crippen LogP contribution is 2.23. The minimum Gasteiger partial charge on any atom is -0.488 e. The van der Waals surface area contributed by atoms with Crippen LogP contribution < -0.4 is 14.4 Å². The van der Waals surface area contributed by atoms with Crippen LogP contribution in [-0.4, -0.2) is 66.3 Å². The van der Waals surface area contributed by atoms with Crippen LogP contribution in [0.4, 0.5) is 5.82 Å². The lowest BCUT2D eigenvalue weighted by molar-refractivity contribution is 0.210. The highest BCUT2D eigenvalue weighted by molar-refractivity contribution is 5.48. The fraction of sp³-hybridized carbons (Fsp3) is 0.438. The van der Waals surface area contributed by atoms with Crippen LogP contribution in [0.1, 0.15) is 0 Å². The monoisotopic (exact) mass is 315 g/mol. The van der Waals surface area contributed by atoms with Crippen LogP contribution in [-0.2, 0) is 0 Å². The number of likely N-dealkylation sites (N-methyl/N-ethyl adjacent to an activating group) is 1. The summed E-state index contributed by atoms with van der Waals surface area (Å²) in [5.41, 5.74) is 0. The third kappa shape index (κ3) is 4.29. The van der Waals surface area contributed by atoms with E-state index in [1.165, 1.54) is 0 Å². The third-order valence-corrected chi connectivity index (χ3v) is 3.67. The smallest absolute Gasteiger partial charge is 0.257 e. The van der Waals surface area contributed by atoms with Crippen LogP contribution in [0.5, 0.6) is 11.6 Å². The van der Waals surface area contributed by atoms with E-state index in [0.717, 1.165) is 37.7 Å². The van der Waals surface area contributed by atoms with Crippen molar-refractivity contribution >= 4 is 5.82 Å². The Labute approximate surface area is 135 Å². The average molecular weight is 315 g/mol. The number of aromatic nitrogens is 3. The van der Waals surface area contributed by atoms with Crippen molar-refractivity contribution in [1.29, 1.82) is 0 Å². The molecule has 122 valence electrons. The van der Waals surface area contributed by atoms with Gasteiger partial charge in [0.15, 0.2) is 5.82 Å². The molecule has 0 amide bonds. The molecule has 0 unspecified atom stereocenters. The summed E-state index contributed by atoms with van der Waals surface area (Å²) in [4.78, 5) is 17.3. The Morgan fingerprint density at radius 1 is 1.00 bits per heavy atom. The van der Waals surface area contributed by atoms with Crippen LogP contribution in [0.15, 0.2) is 36.9 Å². The van der Waals surface area contributed by atoms with E-state index in [1.807, 2.05) is 12.1 Å². The van der Waals surface area contributed by atoms with Gasteiger partial charge in [-0.15, -0.1) is 0 Å². The van der Waals surface area contributed by atoms with Crippen molar-refractivity contribution in [2.24, 2.45) is 0 Å². The second-order valence-electron chi connectivity index (χ2n) is 5.36. The van der Waals surface area contributed by atoms with Gasteiger partial charge in [0.1, 0.15) is 19.0 Å². The Balaban J connectivity index is 1.53. The fourth-order valence-corrected chi connectivity index (χ4v) is 2.39. The van der Waals surface area contributed by atoms with Gasteiger partial charge in [-0.05, 0) is 19.2 Å². The lowest BCUT2D eigenvalue weighted by Gasteiger charge is -2.33. The van der Waals surface area contributed by atoms with Crippen LogP contribution in [0.25, 0.3) is 0 Å². The van der Waals surface area contributed by atoms with E-state index < -0.39 is 0 Å². The van der Waals surface area contributed by atoms with Crippen LogP contribution in [0.3, 0.4) is 0 Å². The number of pyridine rings is 1. The minimum absolute atomic E-state index is 0.411. The van der Waals surface area contributed by atoms with Crippen molar-refractivity contribution < 1.29 is 9.47 Å². The predicted molar refractivity (Wildman–Crippen MR) is 87.0 cm³/mol. The van der Waals surface area contributed by atoms with Crippen molar-refractivity contribution in [3.8, 4) is 11.6 Å². The molecule has 7 heteroatoms. The summed E-state index contributed by atoms with van der Waals surface area (Å²) in [5.74, 6) is 2.10. The zero-order chi connectivity index (χ0) is 15.9. The molecule has 1 saturated heterocycles. The molecule has 7 nitrogen and oxygen atoms in total. The lowest BCUT2D eigenvalue weighted by atomic mass is 10.3. The molecule has 2 aromatic rings. The van der Waals surface area contributed by atoms with E-state index >= 15 is 0 Å². The van der Waals surface area contributed by atoms with E-state index in [4.69, 9.17) is 9.47 Å². The molecule has 0 N–H and O–H groups in total. The SMILES string of the molecule is CN1CCN(c2nccnc2OCCOc2cccnc2)CC1. The summed E-state index contributed by atoms with van der Waals surface area (Å²) in [6, 6.07) is 3.70. The van der Waals surface area contributed by atoms with Crippen molar-refractivity contribution in [1.82, 2.24) is 19.9 Å². The topological polar surface area (TPSA) is 63.6 Å². The van der Waals surface area contributed by atoms with Gasteiger partial charge in [0.05, 0.1) is 6.20 Å². The molecule has 1 aliphatic heterocycles. The number of ether oxygens (including phenoxy) is 2. The van der Waals surface area contributed by atoms with Crippen LogP contribution >= 0.6 is 0 Å². The number of anilines is 1. The second kappa shape index (κ2) is 7.73. The zero-order valence-corrected chi connectivity index (χ0v) is 13.3. The first-order chi connectivity index (χ1) is 11.3. The van der Waals surface area contributed by atoms with Gasteiger partial charge < -0.3 is 19.3 Å². The highest BCUT2D eigenvalue weighted by atomic mass is 16.5. The average Bonchev–Trinajstić information content (AvgIpc) is 2.61. The minimum atomic E-state index is 0.411. The van der Waals surface area contributed by atoms with Crippen molar-refractivity contribution in [3.05, 3.63) is 36.9 Å². The summed E-state index contributed by atoms with van der Waals surface area (Å²) in [6.45, 7) is 4.73. The van der Waals surface area contributed by atoms with Gasteiger partial charge in [-0.3, -0.25) is 4.98 Å². The summed E-state index contributed by atoms with van der Waals surface area (Å²) >= 11 is 0. The molecule has 2 aromatic heterocycles. The standard InChI is InChI=1S/C16H21N5O2/c1-20-7-9-21(10-8-20)15-16(19-6-5-18-15)23-12-11-22-14-3-2-4-17-13-14/h2-6,13H,7-12H2,1H3. The number of nitrogens with zero attached hydrogens (tertiary/aromatic N) is 5. The molecule has 0 spiro atoms. The highest BCUT2D eigenvalue weighted by Gasteiger charge is 2.19. The maximum Gasteiger partial charge on any atom is 0.257 e. The van der Waals surface area contributed by atoms with Gasteiger partial charge in [-0.1, -0.05) is 0 Å². The number of rotatable bonds is 6. The Kier molecular flexibility index (Phi) is 5.21. The van der Waals surface area contributed by atoms with Crippen LogP contribution in [0.2, 0.25) is 0 Å². The molecule has 0 saturated carbocycles. The Morgan fingerprint density at radius 2 is 1.78 bits per heavy atom. The Morgan fingerprint density at radius 3 is 2.57 bits per heavy atom. The largest absolute Gasteiger partial charge is 0.488 e. The molecule has 1 fully saturated rings.